The van der Waals surface area contributed by atoms with Gasteiger partial charge < -0.3 is 10.1 Å². The van der Waals surface area contributed by atoms with E-state index in [1.807, 2.05) is 23.6 Å². The number of nitrogens with zero attached hydrogens (tertiary/aromatic N) is 1. The highest BCUT2D eigenvalue weighted by atomic mass is 79.9. The Hall–Kier alpha value is -1.40. The molecule has 0 bridgehead atoms. The number of thiazole rings is 1. The number of ether oxygens (including phenoxy) is 1. The third-order valence-electron chi connectivity index (χ3n) is 2.75. The Labute approximate surface area is 130 Å². The first-order valence-corrected chi connectivity index (χ1v) is 7.85. The summed E-state index contributed by atoms with van der Waals surface area (Å²) in [4.78, 5) is 15.5. The van der Waals surface area contributed by atoms with Crippen molar-refractivity contribution in [3.63, 3.8) is 0 Å². The number of hydrogen-bond donors (Lipinski definition) is 1. The Kier molecular flexibility index (Phi) is 5.55. The highest BCUT2D eigenvalue weighted by Crippen LogP contribution is 2.20. The number of carbonyl (C=O) groups is 1. The summed E-state index contributed by atoms with van der Waals surface area (Å²) in [7, 11) is 1.40. The molecule has 0 unspecified atom stereocenters. The van der Waals surface area contributed by atoms with E-state index in [4.69, 9.17) is 0 Å². The molecule has 0 aliphatic carbocycles. The number of rotatable bonds is 6. The summed E-state index contributed by atoms with van der Waals surface area (Å²) in [5.41, 5.74) is 2.09. The van der Waals surface area contributed by atoms with Crippen LogP contribution in [0.1, 0.15) is 17.7 Å². The minimum atomic E-state index is -0.208. The smallest absolute Gasteiger partial charge is 0.305 e. The third kappa shape index (κ3) is 4.31. The Balaban J connectivity index is 1.87. The molecular weight excluding hydrogens is 340 g/mol. The van der Waals surface area contributed by atoms with E-state index >= 15 is 0 Å². The molecule has 2 rings (SSSR count). The van der Waals surface area contributed by atoms with Gasteiger partial charge in [-0.05, 0) is 11.6 Å². The first kappa shape index (κ1) is 15.0. The third-order valence-corrected chi connectivity index (χ3v) is 4.38. The number of benzene rings is 1. The summed E-state index contributed by atoms with van der Waals surface area (Å²) in [5, 5.41) is 6.11. The van der Waals surface area contributed by atoms with Gasteiger partial charge in [0.15, 0.2) is 5.13 Å². The second-order valence-electron chi connectivity index (χ2n) is 4.17. The van der Waals surface area contributed by atoms with Gasteiger partial charge in [-0.2, -0.15) is 0 Å². The Morgan fingerprint density at radius 1 is 1.45 bits per heavy atom. The number of esters is 1. The van der Waals surface area contributed by atoms with Gasteiger partial charge >= 0.3 is 5.97 Å². The summed E-state index contributed by atoms with van der Waals surface area (Å²) in [6.07, 6.45) is 0.976. The second-order valence-corrected chi connectivity index (χ2v) is 5.88. The van der Waals surface area contributed by atoms with Crippen LogP contribution in [-0.2, 0) is 22.5 Å². The van der Waals surface area contributed by atoms with Gasteiger partial charge in [-0.1, -0.05) is 34.1 Å². The summed E-state index contributed by atoms with van der Waals surface area (Å²) >= 11 is 5.06. The number of methoxy groups -OCH3 is 1. The van der Waals surface area contributed by atoms with Crippen LogP contribution in [0.15, 0.2) is 34.1 Å². The van der Waals surface area contributed by atoms with Crippen molar-refractivity contribution >= 4 is 38.4 Å². The molecule has 1 aromatic heterocycles. The second kappa shape index (κ2) is 7.40. The maximum atomic E-state index is 11.1. The van der Waals surface area contributed by atoms with Crippen LogP contribution in [0, 0.1) is 0 Å². The van der Waals surface area contributed by atoms with Crippen LogP contribution in [0.25, 0.3) is 0 Å². The van der Waals surface area contributed by atoms with Gasteiger partial charge in [-0.25, -0.2) is 4.98 Å². The lowest BCUT2D eigenvalue weighted by Gasteiger charge is -2.04. The lowest BCUT2D eigenvalue weighted by molar-refractivity contribution is -0.140. The monoisotopic (exact) mass is 354 g/mol. The van der Waals surface area contributed by atoms with E-state index in [-0.39, 0.29) is 5.97 Å². The lowest BCUT2D eigenvalue weighted by Crippen LogP contribution is -2.03. The van der Waals surface area contributed by atoms with Gasteiger partial charge in [0.1, 0.15) is 0 Å². The van der Waals surface area contributed by atoms with Gasteiger partial charge in [-0.3, -0.25) is 4.79 Å². The average Bonchev–Trinajstić information content (AvgIpc) is 2.92. The van der Waals surface area contributed by atoms with Crippen molar-refractivity contribution in [2.24, 2.45) is 0 Å². The maximum absolute atomic E-state index is 11.1. The quantitative estimate of drug-likeness (QED) is 0.804. The predicted molar refractivity (Wildman–Crippen MR) is 83.9 cm³/mol. The molecule has 0 saturated heterocycles. The van der Waals surface area contributed by atoms with E-state index in [9.17, 15) is 4.79 Å². The maximum Gasteiger partial charge on any atom is 0.305 e. The molecule has 0 spiro atoms. The number of halogens is 1. The molecule has 0 atom stereocenters. The van der Waals surface area contributed by atoms with Crippen molar-refractivity contribution in [2.75, 3.05) is 12.4 Å². The molecule has 0 aliphatic heterocycles. The normalized spacial score (nSPS) is 10.3. The number of nitrogens with one attached hydrogen (secondary N) is 1. The van der Waals surface area contributed by atoms with Crippen molar-refractivity contribution in [3.05, 3.63) is 45.4 Å². The van der Waals surface area contributed by atoms with Crippen molar-refractivity contribution in [3.8, 4) is 0 Å². The summed E-state index contributed by atoms with van der Waals surface area (Å²) < 4.78 is 5.69. The van der Waals surface area contributed by atoms with Gasteiger partial charge in [0.05, 0.1) is 19.2 Å². The first-order valence-electron chi connectivity index (χ1n) is 6.17. The van der Waals surface area contributed by atoms with Crippen LogP contribution in [0.4, 0.5) is 5.13 Å². The predicted octanol–water partition coefficient (Wildman–Crippen LogP) is 3.62. The van der Waals surface area contributed by atoms with Crippen LogP contribution in [0.5, 0.6) is 0 Å². The number of carbonyl (C=O) groups excluding carboxylic acids is 1. The number of anilines is 1. The fourth-order valence-corrected chi connectivity index (χ4v) is 2.82. The van der Waals surface area contributed by atoms with E-state index in [1.54, 1.807) is 11.3 Å². The molecule has 0 radical (unpaired) electrons. The van der Waals surface area contributed by atoms with Crippen LogP contribution in [0.3, 0.4) is 0 Å². The van der Waals surface area contributed by atoms with Gasteiger partial charge in [0, 0.05) is 22.8 Å². The number of aryl methyl sites for hydroxylation is 1. The molecule has 6 heteroatoms. The van der Waals surface area contributed by atoms with Crippen LogP contribution in [0.2, 0.25) is 0 Å². The van der Waals surface area contributed by atoms with Crippen LogP contribution >= 0.6 is 27.3 Å². The molecule has 1 heterocycles. The topological polar surface area (TPSA) is 51.2 Å². The molecule has 106 valence electrons. The molecular formula is C14H15BrN2O2S. The zero-order chi connectivity index (χ0) is 14.4. The molecule has 0 saturated carbocycles. The van der Waals surface area contributed by atoms with E-state index < -0.39 is 0 Å². The molecule has 2 aromatic rings. The molecule has 1 N–H and O–H groups in total. The van der Waals surface area contributed by atoms with Crippen molar-refractivity contribution in [1.82, 2.24) is 4.98 Å². The van der Waals surface area contributed by atoms with Gasteiger partial charge in [0.25, 0.3) is 0 Å². The zero-order valence-corrected chi connectivity index (χ0v) is 13.5. The average molecular weight is 355 g/mol. The fourth-order valence-electron chi connectivity index (χ4n) is 1.65. The summed E-state index contributed by atoms with van der Waals surface area (Å²) in [6.45, 7) is 0.714. The van der Waals surface area contributed by atoms with E-state index in [1.165, 1.54) is 12.7 Å². The molecule has 4 nitrogen and oxygen atoms in total. The zero-order valence-electron chi connectivity index (χ0n) is 11.1. The van der Waals surface area contributed by atoms with Crippen molar-refractivity contribution < 1.29 is 9.53 Å². The first-order chi connectivity index (χ1) is 9.69. The minimum Gasteiger partial charge on any atom is -0.469 e. The minimum absolute atomic E-state index is 0.208. The van der Waals surface area contributed by atoms with E-state index in [0.717, 1.165) is 15.3 Å². The van der Waals surface area contributed by atoms with Crippen molar-refractivity contribution in [2.45, 2.75) is 19.4 Å². The highest BCUT2D eigenvalue weighted by Gasteiger charge is 2.06. The van der Waals surface area contributed by atoms with Crippen LogP contribution < -0.4 is 5.32 Å². The largest absolute Gasteiger partial charge is 0.469 e. The van der Waals surface area contributed by atoms with Gasteiger partial charge in [0.2, 0.25) is 0 Å². The Morgan fingerprint density at radius 2 is 2.25 bits per heavy atom. The number of hydrogen-bond acceptors (Lipinski definition) is 5. The SMILES string of the molecule is COC(=O)CCc1csc(NCc2ccccc2Br)n1. The number of aromatic nitrogens is 1. The lowest BCUT2D eigenvalue weighted by atomic mass is 10.2. The molecule has 20 heavy (non-hydrogen) atoms. The molecule has 0 fully saturated rings. The highest BCUT2D eigenvalue weighted by molar-refractivity contribution is 9.10. The van der Waals surface area contributed by atoms with Crippen molar-refractivity contribution in [1.29, 1.82) is 0 Å². The summed E-state index contributed by atoms with van der Waals surface area (Å²) in [5.74, 6) is -0.208. The fraction of sp³-hybridized carbons (Fsp3) is 0.286. The molecule has 0 amide bonds. The molecule has 0 aliphatic rings. The standard InChI is InChI=1S/C14H15BrN2O2S/c1-19-13(18)7-6-11-9-20-14(17-11)16-8-10-4-2-3-5-12(10)15/h2-5,9H,6-8H2,1H3,(H,16,17). The van der Waals surface area contributed by atoms with E-state index in [2.05, 4.69) is 37.0 Å². The van der Waals surface area contributed by atoms with Crippen LogP contribution in [-0.4, -0.2) is 18.1 Å². The molecule has 1 aromatic carbocycles. The summed E-state index contributed by atoms with van der Waals surface area (Å²) in [6, 6.07) is 8.07. The van der Waals surface area contributed by atoms with Gasteiger partial charge in [-0.15, -0.1) is 11.3 Å². The van der Waals surface area contributed by atoms with E-state index in [0.29, 0.717) is 19.4 Å². The Morgan fingerprint density at radius 3 is 3.00 bits per heavy atom. The Bertz CT molecular complexity index is 586.